The number of carbonyl (C=O) groups excluding carboxylic acids is 1. The van der Waals surface area contributed by atoms with Crippen LogP contribution in [0.2, 0.25) is 0 Å². The van der Waals surface area contributed by atoms with Gasteiger partial charge in [-0.3, -0.25) is 13.8 Å². The average molecular weight is 430 g/mol. The van der Waals surface area contributed by atoms with Crippen LogP contribution in [-0.4, -0.2) is 21.4 Å². The van der Waals surface area contributed by atoms with Gasteiger partial charge in [0.05, 0.1) is 0 Å². The Kier molecular flexibility index (Phi) is 6.56. The van der Waals surface area contributed by atoms with Gasteiger partial charge in [-0.2, -0.15) is 0 Å². The number of halogens is 2. The number of rotatable bonds is 6. The Balaban J connectivity index is 1.85. The molecule has 0 aliphatic heterocycles. The molecular weight excluding hydrogens is 410 g/mol. The molecule has 0 spiro atoms. The summed E-state index contributed by atoms with van der Waals surface area (Å²) in [6, 6.07) is 12.5. The first-order valence-electron chi connectivity index (χ1n) is 9.09. The van der Waals surface area contributed by atoms with Gasteiger partial charge in [0.25, 0.3) is 12.3 Å². The van der Waals surface area contributed by atoms with Crippen LogP contribution in [-0.2, 0) is 17.3 Å². The van der Waals surface area contributed by atoms with Crippen LogP contribution in [0.15, 0.2) is 64.4 Å². The van der Waals surface area contributed by atoms with E-state index >= 15 is 0 Å². The Bertz CT molecular complexity index is 1160. The number of benzene rings is 2. The Morgan fingerprint density at radius 2 is 1.87 bits per heavy atom. The predicted octanol–water partition coefficient (Wildman–Crippen LogP) is 3.96. The molecule has 0 fully saturated rings. The normalized spacial score (nSPS) is 12.0. The molecular formula is C22H20F2N2O3S. The highest BCUT2D eigenvalue weighted by molar-refractivity contribution is 7.84. The molecule has 3 rings (SSSR count). The van der Waals surface area contributed by atoms with Crippen LogP contribution >= 0.6 is 0 Å². The third kappa shape index (κ3) is 4.71. The summed E-state index contributed by atoms with van der Waals surface area (Å²) in [5.41, 5.74) is 0.926. The standard InChI is InChI=1S/C22H20F2N2O3S/c1-13-19(15-4-3-5-16(10-15)21(23)24)20(27)18(12-25-13)22(28)26-11-14-6-8-17(9-7-14)30(2)29/h3-10,12,21H,11H2,1-2H3,(H,25,27)(H,26,28). The zero-order valence-electron chi connectivity index (χ0n) is 16.4. The Hall–Kier alpha value is -3.13. The number of carbonyl (C=O) groups is 1. The first-order chi connectivity index (χ1) is 14.3. The molecule has 2 aromatic carbocycles. The van der Waals surface area contributed by atoms with E-state index in [-0.39, 0.29) is 23.2 Å². The number of aryl methyl sites for hydroxylation is 1. The van der Waals surface area contributed by atoms with Crippen molar-refractivity contribution in [2.75, 3.05) is 6.26 Å². The fraction of sp³-hybridized carbons (Fsp3) is 0.182. The van der Waals surface area contributed by atoms with Crippen LogP contribution in [0.3, 0.4) is 0 Å². The number of alkyl halides is 2. The minimum atomic E-state index is -2.66. The van der Waals surface area contributed by atoms with Gasteiger partial charge in [-0.15, -0.1) is 0 Å². The summed E-state index contributed by atoms with van der Waals surface area (Å²) < 4.78 is 37.5. The molecule has 0 radical (unpaired) electrons. The molecule has 156 valence electrons. The zero-order chi connectivity index (χ0) is 21.8. The summed E-state index contributed by atoms with van der Waals surface area (Å²) in [5.74, 6) is -0.578. The number of hydrogen-bond acceptors (Lipinski definition) is 3. The van der Waals surface area contributed by atoms with Crippen LogP contribution in [0.5, 0.6) is 0 Å². The van der Waals surface area contributed by atoms with Crippen LogP contribution in [0.4, 0.5) is 8.78 Å². The molecule has 1 unspecified atom stereocenters. The minimum absolute atomic E-state index is 0.107. The number of aromatic nitrogens is 1. The van der Waals surface area contributed by atoms with Crippen molar-refractivity contribution in [1.82, 2.24) is 10.3 Å². The first kappa shape index (κ1) is 21.6. The van der Waals surface area contributed by atoms with Crippen LogP contribution in [0.1, 0.15) is 33.6 Å². The van der Waals surface area contributed by atoms with E-state index in [1.807, 2.05) is 0 Å². The van der Waals surface area contributed by atoms with Gasteiger partial charge in [0.1, 0.15) is 5.56 Å². The Morgan fingerprint density at radius 3 is 2.50 bits per heavy atom. The summed E-state index contributed by atoms with van der Waals surface area (Å²) in [7, 11) is -1.09. The fourth-order valence-electron chi connectivity index (χ4n) is 3.05. The highest BCUT2D eigenvalue weighted by Gasteiger charge is 2.18. The van der Waals surface area contributed by atoms with Crippen molar-refractivity contribution in [1.29, 1.82) is 0 Å². The van der Waals surface area contributed by atoms with Crippen LogP contribution < -0.4 is 10.7 Å². The molecule has 1 heterocycles. The number of nitrogens with one attached hydrogen (secondary N) is 2. The van der Waals surface area contributed by atoms with Crippen LogP contribution in [0, 0.1) is 6.92 Å². The summed E-state index contributed by atoms with van der Waals surface area (Å²) in [6.45, 7) is 1.83. The molecule has 8 heteroatoms. The molecule has 1 atom stereocenters. The lowest BCUT2D eigenvalue weighted by Crippen LogP contribution is -2.29. The molecule has 0 saturated carbocycles. The molecule has 5 nitrogen and oxygen atoms in total. The maximum Gasteiger partial charge on any atom is 0.263 e. The van der Waals surface area contributed by atoms with Gasteiger partial charge in [0.15, 0.2) is 0 Å². The van der Waals surface area contributed by atoms with Crippen molar-refractivity contribution < 1.29 is 17.8 Å². The fourth-order valence-corrected chi connectivity index (χ4v) is 3.57. The van der Waals surface area contributed by atoms with E-state index < -0.39 is 28.6 Å². The van der Waals surface area contributed by atoms with Gasteiger partial charge in [-0.25, -0.2) is 8.78 Å². The summed E-state index contributed by atoms with van der Waals surface area (Å²) >= 11 is 0. The second kappa shape index (κ2) is 9.13. The number of H-pyrrole nitrogens is 1. The molecule has 30 heavy (non-hydrogen) atoms. The van der Waals surface area contributed by atoms with Crippen molar-refractivity contribution in [3.8, 4) is 11.1 Å². The monoisotopic (exact) mass is 430 g/mol. The molecule has 1 amide bonds. The van der Waals surface area contributed by atoms with Gasteiger partial charge in [-0.1, -0.05) is 30.3 Å². The van der Waals surface area contributed by atoms with E-state index in [4.69, 9.17) is 0 Å². The van der Waals surface area contributed by atoms with Gasteiger partial charge in [-0.05, 0) is 36.2 Å². The van der Waals surface area contributed by atoms with Crippen LogP contribution in [0.25, 0.3) is 11.1 Å². The van der Waals surface area contributed by atoms with E-state index in [2.05, 4.69) is 10.3 Å². The molecule has 0 aliphatic rings. The Labute approximate surface area is 174 Å². The lowest BCUT2D eigenvalue weighted by molar-refractivity contribution is 0.0949. The maximum atomic E-state index is 13.0. The number of aromatic amines is 1. The van der Waals surface area contributed by atoms with Crippen molar-refractivity contribution in [2.24, 2.45) is 0 Å². The van der Waals surface area contributed by atoms with Gasteiger partial charge in [0, 0.05) is 51.5 Å². The first-order valence-corrected chi connectivity index (χ1v) is 10.6. The third-order valence-electron chi connectivity index (χ3n) is 4.66. The topological polar surface area (TPSA) is 79.0 Å². The Morgan fingerprint density at radius 1 is 1.17 bits per heavy atom. The third-order valence-corrected chi connectivity index (χ3v) is 5.60. The highest BCUT2D eigenvalue weighted by atomic mass is 32.2. The van der Waals surface area contributed by atoms with Gasteiger partial charge >= 0.3 is 0 Å². The molecule has 2 N–H and O–H groups in total. The number of hydrogen-bond donors (Lipinski definition) is 2. The number of pyridine rings is 1. The predicted molar refractivity (Wildman–Crippen MR) is 112 cm³/mol. The smallest absolute Gasteiger partial charge is 0.263 e. The SMILES string of the molecule is Cc1[nH]cc(C(=O)NCc2ccc(S(C)=O)cc2)c(=O)c1-c1cccc(C(F)F)c1. The van der Waals surface area contributed by atoms with E-state index in [0.717, 1.165) is 5.56 Å². The van der Waals surface area contributed by atoms with Crippen molar-refractivity contribution >= 4 is 16.7 Å². The maximum absolute atomic E-state index is 13.0. The van der Waals surface area contributed by atoms with E-state index in [9.17, 15) is 22.6 Å². The lowest BCUT2D eigenvalue weighted by atomic mass is 9.99. The highest BCUT2D eigenvalue weighted by Crippen LogP contribution is 2.25. The second-order valence-corrected chi connectivity index (χ2v) is 8.12. The number of amides is 1. The largest absolute Gasteiger partial charge is 0.364 e. The molecule has 0 saturated heterocycles. The van der Waals surface area contributed by atoms with Gasteiger partial charge in [0.2, 0.25) is 5.43 Å². The summed E-state index contributed by atoms with van der Waals surface area (Å²) in [5, 5.41) is 2.68. The van der Waals surface area contributed by atoms with Crippen molar-refractivity contribution in [3.63, 3.8) is 0 Å². The van der Waals surface area contributed by atoms with Gasteiger partial charge < -0.3 is 10.3 Å². The van der Waals surface area contributed by atoms with Crippen molar-refractivity contribution in [3.05, 3.63) is 87.3 Å². The zero-order valence-corrected chi connectivity index (χ0v) is 17.2. The van der Waals surface area contributed by atoms with E-state index in [1.165, 1.54) is 24.4 Å². The van der Waals surface area contributed by atoms with Crippen molar-refractivity contribution in [2.45, 2.75) is 24.8 Å². The quantitative estimate of drug-likeness (QED) is 0.621. The summed E-state index contributed by atoms with van der Waals surface area (Å²) in [6.07, 6.45) is 0.235. The van der Waals surface area contributed by atoms with E-state index in [0.29, 0.717) is 16.2 Å². The summed E-state index contributed by atoms with van der Waals surface area (Å²) in [4.78, 5) is 29.1. The average Bonchev–Trinajstić information content (AvgIpc) is 2.72. The molecule has 1 aromatic heterocycles. The minimum Gasteiger partial charge on any atom is -0.364 e. The van der Waals surface area contributed by atoms with E-state index in [1.54, 1.807) is 43.5 Å². The molecule has 0 bridgehead atoms. The second-order valence-electron chi connectivity index (χ2n) is 6.74. The molecule has 0 aliphatic carbocycles. The molecule has 3 aromatic rings. The lowest BCUT2D eigenvalue weighted by Gasteiger charge is -2.11.